The second-order valence-electron chi connectivity index (χ2n) is 5.76. The van der Waals surface area contributed by atoms with Gasteiger partial charge in [0, 0.05) is 44.8 Å². The zero-order valence-electron chi connectivity index (χ0n) is 13.3. The third-order valence-electron chi connectivity index (χ3n) is 4.41. The maximum atomic E-state index is 4.49. The Bertz CT molecular complexity index is 576. The summed E-state index contributed by atoms with van der Waals surface area (Å²) in [6.45, 7) is 4.11. The molecule has 2 aromatic heterocycles. The van der Waals surface area contributed by atoms with Crippen molar-refractivity contribution in [2.75, 3.05) is 29.9 Å². The van der Waals surface area contributed by atoms with Gasteiger partial charge in [0.05, 0.1) is 0 Å². The van der Waals surface area contributed by atoms with Crippen molar-refractivity contribution in [3.8, 4) is 0 Å². The number of piperidine rings is 1. The summed E-state index contributed by atoms with van der Waals surface area (Å²) in [5, 5.41) is 0. The van der Waals surface area contributed by atoms with Crippen molar-refractivity contribution in [1.82, 2.24) is 15.0 Å². The van der Waals surface area contributed by atoms with Crippen LogP contribution >= 0.6 is 0 Å². The molecule has 0 radical (unpaired) electrons. The summed E-state index contributed by atoms with van der Waals surface area (Å²) >= 11 is 0. The molecule has 0 bridgehead atoms. The molecule has 0 aromatic carbocycles. The third kappa shape index (κ3) is 3.18. The lowest BCUT2D eigenvalue weighted by Crippen LogP contribution is -2.44. The minimum atomic E-state index is 0.529. The molecular formula is C17H23N5. The molecule has 3 rings (SSSR count). The van der Waals surface area contributed by atoms with Crippen molar-refractivity contribution < 1.29 is 0 Å². The van der Waals surface area contributed by atoms with E-state index < -0.39 is 0 Å². The molecule has 1 aliphatic heterocycles. The second kappa shape index (κ2) is 6.73. The largest absolute Gasteiger partial charge is 0.357 e. The van der Waals surface area contributed by atoms with Gasteiger partial charge in [-0.2, -0.15) is 0 Å². The Labute approximate surface area is 132 Å². The number of hydrogen-bond acceptors (Lipinski definition) is 5. The number of nitrogens with zero attached hydrogens (tertiary/aromatic N) is 5. The van der Waals surface area contributed by atoms with E-state index in [-0.39, 0.29) is 0 Å². The van der Waals surface area contributed by atoms with Crippen LogP contribution in [0, 0.1) is 0 Å². The summed E-state index contributed by atoms with van der Waals surface area (Å²) in [5.41, 5.74) is 1.19. The van der Waals surface area contributed by atoms with Crippen molar-refractivity contribution in [2.45, 2.75) is 32.2 Å². The van der Waals surface area contributed by atoms with E-state index in [1.807, 2.05) is 30.7 Å². The third-order valence-corrected chi connectivity index (χ3v) is 4.41. The molecule has 0 spiro atoms. The average Bonchev–Trinajstić information content (AvgIpc) is 2.62. The van der Waals surface area contributed by atoms with Crippen LogP contribution in [0.3, 0.4) is 0 Å². The predicted octanol–water partition coefficient (Wildman–Crippen LogP) is 2.54. The van der Waals surface area contributed by atoms with Crippen molar-refractivity contribution in [3.63, 3.8) is 0 Å². The first kappa shape index (κ1) is 14.8. The van der Waals surface area contributed by atoms with Gasteiger partial charge in [0.15, 0.2) is 0 Å². The fraction of sp³-hybridized carbons (Fsp3) is 0.471. The smallest absolute Gasteiger partial charge is 0.225 e. The first-order valence-corrected chi connectivity index (χ1v) is 7.97. The molecule has 3 heterocycles. The van der Waals surface area contributed by atoms with Gasteiger partial charge >= 0.3 is 0 Å². The summed E-state index contributed by atoms with van der Waals surface area (Å²) < 4.78 is 0. The predicted molar refractivity (Wildman–Crippen MR) is 89.3 cm³/mol. The van der Waals surface area contributed by atoms with E-state index in [1.54, 1.807) is 0 Å². The number of rotatable bonds is 4. The maximum absolute atomic E-state index is 4.49. The minimum absolute atomic E-state index is 0.529. The van der Waals surface area contributed by atoms with Gasteiger partial charge in [-0.3, -0.25) is 0 Å². The van der Waals surface area contributed by atoms with Crippen LogP contribution in [0.5, 0.6) is 0 Å². The molecule has 1 saturated heterocycles. The minimum Gasteiger partial charge on any atom is -0.357 e. The van der Waals surface area contributed by atoms with Crippen LogP contribution in [0.15, 0.2) is 36.8 Å². The topological polar surface area (TPSA) is 45.2 Å². The van der Waals surface area contributed by atoms with E-state index in [9.17, 15) is 0 Å². The first-order chi connectivity index (χ1) is 10.8. The molecule has 1 aliphatic rings. The van der Waals surface area contributed by atoms with E-state index in [0.29, 0.717) is 6.04 Å². The van der Waals surface area contributed by atoms with E-state index in [2.05, 4.69) is 44.8 Å². The van der Waals surface area contributed by atoms with Crippen molar-refractivity contribution in [3.05, 3.63) is 42.4 Å². The van der Waals surface area contributed by atoms with Crippen LogP contribution in [0.25, 0.3) is 0 Å². The van der Waals surface area contributed by atoms with Crippen LogP contribution in [-0.4, -0.2) is 41.1 Å². The highest BCUT2D eigenvalue weighted by molar-refractivity contribution is 5.39. The highest BCUT2D eigenvalue weighted by Crippen LogP contribution is 2.22. The lowest BCUT2D eigenvalue weighted by atomic mass is 10.0. The fourth-order valence-electron chi connectivity index (χ4n) is 2.90. The maximum Gasteiger partial charge on any atom is 0.225 e. The monoisotopic (exact) mass is 297 g/mol. The van der Waals surface area contributed by atoms with E-state index in [4.69, 9.17) is 0 Å². The molecule has 2 aromatic rings. The number of anilines is 2. The lowest BCUT2D eigenvalue weighted by Gasteiger charge is -2.37. The molecule has 116 valence electrons. The Kier molecular flexibility index (Phi) is 4.51. The number of aryl methyl sites for hydroxylation is 1. The number of aromatic nitrogens is 3. The standard InChI is InChI=1S/C17H23N5/c1-3-14-12-19-17(20-13-14)22-10-7-15(8-11-22)21(2)16-6-4-5-9-18-16/h4-6,9,12-13,15H,3,7-8,10-11H2,1-2H3. The van der Waals surface area contributed by atoms with E-state index in [1.165, 1.54) is 5.56 Å². The fourth-order valence-corrected chi connectivity index (χ4v) is 2.90. The Morgan fingerprint density at radius 3 is 2.45 bits per heavy atom. The molecule has 5 heteroatoms. The Morgan fingerprint density at radius 1 is 1.14 bits per heavy atom. The lowest BCUT2D eigenvalue weighted by molar-refractivity contribution is 0.475. The zero-order chi connectivity index (χ0) is 15.4. The normalized spacial score (nSPS) is 15.8. The summed E-state index contributed by atoms with van der Waals surface area (Å²) in [4.78, 5) is 18.0. The molecule has 1 fully saturated rings. The quantitative estimate of drug-likeness (QED) is 0.868. The highest BCUT2D eigenvalue weighted by Gasteiger charge is 2.24. The van der Waals surface area contributed by atoms with Gasteiger partial charge in [-0.15, -0.1) is 0 Å². The van der Waals surface area contributed by atoms with Crippen molar-refractivity contribution in [1.29, 1.82) is 0 Å². The van der Waals surface area contributed by atoms with Crippen LogP contribution < -0.4 is 9.80 Å². The number of hydrogen-bond donors (Lipinski definition) is 0. The van der Waals surface area contributed by atoms with Crippen molar-refractivity contribution >= 4 is 11.8 Å². The Morgan fingerprint density at radius 2 is 1.86 bits per heavy atom. The van der Waals surface area contributed by atoms with E-state index >= 15 is 0 Å². The summed E-state index contributed by atoms with van der Waals surface area (Å²) in [6.07, 6.45) is 8.92. The van der Waals surface area contributed by atoms with Crippen LogP contribution in [0.1, 0.15) is 25.3 Å². The molecule has 0 N–H and O–H groups in total. The Hall–Kier alpha value is -2.17. The molecule has 0 aliphatic carbocycles. The second-order valence-corrected chi connectivity index (χ2v) is 5.76. The number of pyridine rings is 1. The molecular weight excluding hydrogens is 274 g/mol. The highest BCUT2D eigenvalue weighted by atomic mass is 15.3. The SMILES string of the molecule is CCc1cnc(N2CCC(N(C)c3ccccn3)CC2)nc1. The zero-order valence-corrected chi connectivity index (χ0v) is 13.3. The summed E-state index contributed by atoms with van der Waals surface area (Å²) in [7, 11) is 2.13. The average molecular weight is 297 g/mol. The van der Waals surface area contributed by atoms with Crippen LogP contribution in [-0.2, 0) is 6.42 Å². The molecule has 0 atom stereocenters. The summed E-state index contributed by atoms with van der Waals surface area (Å²) in [6, 6.07) is 6.59. The molecule has 22 heavy (non-hydrogen) atoms. The van der Waals surface area contributed by atoms with Gasteiger partial charge in [0.1, 0.15) is 5.82 Å². The van der Waals surface area contributed by atoms with Gasteiger partial charge in [-0.05, 0) is 37.0 Å². The molecule has 0 amide bonds. The first-order valence-electron chi connectivity index (χ1n) is 7.97. The van der Waals surface area contributed by atoms with E-state index in [0.717, 1.165) is 44.1 Å². The van der Waals surface area contributed by atoms with Gasteiger partial charge in [0.2, 0.25) is 5.95 Å². The van der Waals surface area contributed by atoms with Gasteiger partial charge in [-0.25, -0.2) is 15.0 Å². The molecule has 5 nitrogen and oxygen atoms in total. The van der Waals surface area contributed by atoms with Gasteiger partial charge < -0.3 is 9.80 Å². The Balaban J connectivity index is 1.60. The molecule has 0 unspecified atom stereocenters. The molecule has 0 saturated carbocycles. The van der Waals surface area contributed by atoms with Crippen LogP contribution in [0.2, 0.25) is 0 Å². The van der Waals surface area contributed by atoms with Crippen molar-refractivity contribution in [2.24, 2.45) is 0 Å². The van der Waals surface area contributed by atoms with Gasteiger partial charge in [0.25, 0.3) is 0 Å². The summed E-state index contributed by atoms with van der Waals surface area (Å²) in [5.74, 6) is 1.90. The van der Waals surface area contributed by atoms with Crippen LogP contribution in [0.4, 0.5) is 11.8 Å². The van der Waals surface area contributed by atoms with Gasteiger partial charge in [-0.1, -0.05) is 13.0 Å².